The number of rotatable bonds is 5. The van der Waals surface area contributed by atoms with Crippen molar-refractivity contribution in [3.05, 3.63) is 0 Å². The Morgan fingerprint density at radius 1 is 1.39 bits per heavy atom. The minimum Gasteiger partial charge on any atom is -0.371 e. The summed E-state index contributed by atoms with van der Waals surface area (Å²) in [7, 11) is 0. The van der Waals surface area contributed by atoms with Gasteiger partial charge >= 0.3 is 6.18 Å². The number of halogens is 3. The molecule has 1 rings (SSSR count). The van der Waals surface area contributed by atoms with Gasteiger partial charge in [0, 0.05) is 31.7 Å². The molecule has 3 nitrogen and oxygen atoms in total. The van der Waals surface area contributed by atoms with E-state index in [0.717, 1.165) is 13.1 Å². The summed E-state index contributed by atoms with van der Waals surface area (Å²) in [5.41, 5.74) is 0. The van der Waals surface area contributed by atoms with E-state index in [1.807, 2.05) is 0 Å². The molecule has 1 heterocycles. The molecule has 1 fully saturated rings. The van der Waals surface area contributed by atoms with Gasteiger partial charge in [0.25, 0.3) is 0 Å². The fraction of sp³-hybridized carbons (Fsp3) is 1.00. The fourth-order valence-electron chi connectivity index (χ4n) is 2.08. The quantitative estimate of drug-likeness (QED) is 0.771. The van der Waals surface area contributed by atoms with E-state index in [4.69, 9.17) is 0 Å². The Balaban J connectivity index is 2.27. The maximum absolute atomic E-state index is 11.9. The molecule has 0 aliphatic carbocycles. The third-order valence-corrected chi connectivity index (χ3v) is 3.32. The van der Waals surface area contributed by atoms with Crippen molar-refractivity contribution in [3.63, 3.8) is 0 Å². The summed E-state index contributed by atoms with van der Waals surface area (Å²) in [6.45, 7) is 7.65. The minimum atomic E-state index is -4.23. The highest BCUT2D eigenvalue weighted by Gasteiger charge is 2.29. The number of hydrogen-bond donors (Lipinski definition) is 1. The Bertz CT molecular complexity index is 246. The molecule has 2 atom stereocenters. The van der Waals surface area contributed by atoms with Crippen LogP contribution in [0.5, 0.6) is 0 Å². The van der Waals surface area contributed by atoms with E-state index in [0.29, 0.717) is 24.5 Å². The lowest BCUT2D eigenvalue weighted by atomic mass is 10.00. The normalized spacial score (nSPS) is 26.8. The topological polar surface area (TPSA) is 24.5 Å². The van der Waals surface area contributed by atoms with Gasteiger partial charge in [-0.05, 0) is 12.8 Å². The molecule has 0 aromatic heterocycles. The maximum atomic E-state index is 11.9. The van der Waals surface area contributed by atoms with Gasteiger partial charge in [-0.15, -0.1) is 0 Å². The first-order chi connectivity index (χ1) is 8.29. The Hall–Kier alpha value is -0.330. The van der Waals surface area contributed by atoms with Crippen LogP contribution in [0.3, 0.4) is 0 Å². The Labute approximate surface area is 107 Å². The molecule has 0 radical (unpaired) electrons. The van der Waals surface area contributed by atoms with Crippen LogP contribution in [0.4, 0.5) is 13.2 Å². The van der Waals surface area contributed by atoms with Gasteiger partial charge in [-0.2, -0.15) is 13.2 Å². The van der Waals surface area contributed by atoms with Crippen molar-refractivity contribution >= 4 is 0 Å². The SMILES string of the molecule is CC(C)C1CN(CCOCC(F)(F)F)C(C)CN1. The molecule has 108 valence electrons. The van der Waals surface area contributed by atoms with Gasteiger partial charge in [0.05, 0.1) is 6.61 Å². The number of nitrogens with one attached hydrogen (secondary N) is 1. The molecule has 1 aliphatic rings. The predicted molar refractivity (Wildman–Crippen MR) is 64.5 cm³/mol. The maximum Gasteiger partial charge on any atom is 0.411 e. The smallest absolute Gasteiger partial charge is 0.371 e. The third-order valence-electron chi connectivity index (χ3n) is 3.32. The number of ether oxygens (including phenoxy) is 1. The Kier molecular flexibility index (Phi) is 5.88. The van der Waals surface area contributed by atoms with Crippen LogP contribution in [-0.2, 0) is 4.74 Å². The van der Waals surface area contributed by atoms with Crippen LogP contribution in [0.25, 0.3) is 0 Å². The first-order valence-electron chi connectivity index (χ1n) is 6.41. The van der Waals surface area contributed by atoms with Gasteiger partial charge in [-0.25, -0.2) is 0 Å². The van der Waals surface area contributed by atoms with Crippen LogP contribution in [0, 0.1) is 5.92 Å². The van der Waals surface area contributed by atoms with Crippen molar-refractivity contribution in [1.82, 2.24) is 10.2 Å². The van der Waals surface area contributed by atoms with Crippen molar-refractivity contribution in [3.8, 4) is 0 Å². The van der Waals surface area contributed by atoms with Crippen LogP contribution in [0.15, 0.2) is 0 Å². The van der Waals surface area contributed by atoms with Gasteiger partial charge in [0.15, 0.2) is 0 Å². The largest absolute Gasteiger partial charge is 0.411 e. The zero-order chi connectivity index (χ0) is 13.8. The lowest BCUT2D eigenvalue weighted by molar-refractivity contribution is -0.175. The zero-order valence-corrected chi connectivity index (χ0v) is 11.3. The molecule has 0 aromatic rings. The standard InChI is InChI=1S/C12H23F3N2O/c1-9(2)11-7-17(10(3)6-16-11)4-5-18-8-12(13,14)15/h9-11,16H,4-8H2,1-3H3. The monoisotopic (exact) mass is 268 g/mol. The fourth-order valence-corrected chi connectivity index (χ4v) is 2.08. The van der Waals surface area contributed by atoms with Gasteiger partial charge in [0.2, 0.25) is 0 Å². The van der Waals surface area contributed by atoms with Crippen LogP contribution >= 0.6 is 0 Å². The molecule has 0 spiro atoms. The molecular formula is C12H23F3N2O. The summed E-state index contributed by atoms with van der Waals surface area (Å²) in [4.78, 5) is 2.19. The molecule has 0 amide bonds. The Morgan fingerprint density at radius 2 is 2.06 bits per heavy atom. The van der Waals surface area contributed by atoms with E-state index in [9.17, 15) is 13.2 Å². The van der Waals surface area contributed by atoms with Crippen LogP contribution < -0.4 is 5.32 Å². The summed E-state index contributed by atoms with van der Waals surface area (Å²) in [6.07, 6.45) is -4.23. The van der Waals surface area contributed by atoms with E-state index in [1.54, 1.807) is 0 Å². The van der Waals surface area contributed by atoms with E-state index < -0.39 is 12.8 Å². The highest BCUT2D eigenvalue weighted by Crippen LogP contribution is 2.15. The summed E-state index contributed by atoms with van der Waals surface area (Å²) < 4.78 is 40.4. The van der Waals surface area contributed by atoms with E-state index in [1.165, 1.54) is 0 Å². The van der Waals surface area contributed by atoms with Crippen molar-refractivity contribution < 1.29 is 17.9 Å². The third kappa shape index (κ3) is 5.54. The molecule has 1 N–H and O–H groups in total. The lowest BCUT2D eigenvalue weighted by Crippen LogP contribution is -2.57. The summed E-state index contributed by atoms with van der Waals surface area (Å²) in [6, 6.07) is 0.748. The second kappa shape index (κ2) is 6.73. The molecule has 0 aromatic carbocycles. The second-order valence-corrected chi connectivity index (χ2v) is 5.27. The first-order valence-corrected chi connectivity index (χ1v) is 6.41. The lowest BCUT2D eigenvalue weighted by Gasteiger charge is -2.40. The van der Waals surface area contributed by atoms with Crippen molar-refractivity contribution in [1.29, 1.82) is 0 Å². The highest BCUT2D eigenvalue weighted by molar-refractivity contribution is 4.85. The highest BCUT2D eigenvalue weighted by atomic mass is 19.4. The number of alkyl halides is 3. The molecule has 2 unspecified atom stereocenters. The minimum absolute atomic E-state index is 0.134. The summed E-state index contributed by atoms with van der Waals surface area (Å²) in [5, 5.41) is 3.45. The predicted octanol–water partition coefficient (Wildman–Crippen LogP) is 1.88. The van der Waals surface area contributed by atoms with Gasteiger partial charge in [-0.1, -0.05) is 13.8 Å². The molecule has 0 saturated carbocycles. The van der Waals surface area contributed by atoms with Gasteiger partial charge in [-0.3, -0.25) is 4.90 Å². The molecule has 1 saturated heterocycles. The van der Waals surface area contributed by atoms with Crippen LogP contribution in [0.2, 0.25) is 0 Å². The Morgan fingerprint density at radius 3 is 2.61 bits per heavy atom. The molecule has 0 bridgehead atoms. The van der Waals surface area contributed by atoms with Crippen LogP contribution in [0.1, 0.15) is 20.8 Å². The summed E-state index contributed by atoms with van der Waals surface area (Å²) in [5.74, 6) is 0.524. The molecule has 6 heteroatoms. The zero-order valence-electron chi connectivity index (χ0n) is 11.3. The van der Waals surface area contributed by atoms with Crippen LogP contribution in [-0.4, -0.2) is 56.0 Å². The van der Waals surface area contributed by atoms with Crippen molar-refractivity contribution in [2.45, 2.75) is 39.0 Å². The van der Waals surface area contributed by atoms with Crippen molar-refractivity contribution in [2.75, 3.05) is 32.8 Å². The van der Waals surface area contributed by atoms with Gasteiger partial charge < -0.3 is 10.1 Å². The summed E-state index contributed by atoms with van der Waals surface area (Å²) >= 11 is 0. The molecule has 18 heavy (non-hydrogen) atoms. The van der Waals surface area contributed by atoms with Gasteiger partial charge in [0.1, 0.15) is 6.61 Å². The second-order valence-electron chi connectivity index (χ2n) is 5.27. The molecule has 1 aliphatic heterocycles. The molecular weight excluding hydrogens is 245 g/mol. The average molecular weight is 268 g/mol. The van der Waals surface area contributed by atoms with Crippen molar-refractivity contribution in [2.24, 2.45) is 5.92 Å². The van der Waals surface area contributed by atoms with E-state index >= 15 is 0 Å². The van der Waals surface area contributed by atoms with E-state index in [-0.39, 0.29) is 6.61 Å². The number of piperazine rings is 1. The number of nitrogens with zero attached hydrogens (tertiary/aromatic N) is 1. The average Bonchev–Trinajstić information content (AvgIpc) is 2.24. The number of hydrogen-bond acceptors (Lipinski definition) is 3. The first kappa shape index (κ1) is 15.7. The van der Waals surface area contributed by atoms with E-state index in [2.05, 4.69) is 35.7 Å².